The van der Waals surface area contributed by atoms with Gasteiger partial charge in [-0.1, -0.05) is 29.8 Å². The van der Waals surface area contributed by atoms with Gasteiger partial charge in [0.2, 0.25) is 0 Å². The van der Waals surface area contributed by atoms with Crippen LogP contribution >= 0.6 is 0 Å². The van der Waals surface area contributed by atoms with E-state index < -0.39 is 5.97 Å². The highest BCUT2D eigenvalue weighted by Gasteiger charge is 2.26. The number of hydrogen-bond donors (Lipinski definition) is 0. The maximum Gasteiger partial charge on any atom is 0.306 e. The number of aryl methyl sites for hydroxylation is 2. The van der Waals surface area contributed by atoms with Crippen LogP contribution in [0.2, 0.25) is 0 Å². The van der Waals surface area contributed by atoms with Crippen molar-refractivity contribution in [3.63, 3.8) is 0 Å². The standard InChI is InChI=1S/C21H26N2O5/c1-14-4-6-17(7-5-14)18-10-22-19(28-18)8-9-21(25)26-13-20(24)23-11-15(2)27-16(3)12-23/h4-7,10,15-16H,8-9,11-13H2,1-3H3. The quantitative estimate of drug-likeness (QED) is 0.710. The molecule has 150 valence electrons. The lowest BCUT2D eigenvalue weighted by molar-refractivity contribution is -0.157. The number of carbonyl (C=O) groups excluding carboxylic acids is 2. The molecule has 1 aromatic carbocycles. The van der Waals surface area contributed by atoms with E-state index in [2.05, 4.69) is 4.98 Å². The molecule has 0 spiro atoms. The number of hydrogen-bond acceptors (Lipinski definition) is 6. The van der Waals surface area contributed by atoms with Crippen LogP contribution in [0.25, 0.3) is 11.3 Å². The van der Waals surface area contributed by atoms with Gasteiger partial charge in [-0.25, -0.2) is 4.98 Å². The van der Waals surface area contributed by atoms with Crippen molar-refractivity contribution in [2.45, 2.75) is 45.8 Å². The number of aromatic nitrogens is 1. The smallest absolute Gasteiger partial charge is 0.306 e. The molecule has 0 saturated carbocycles. The molecule has 1 saturated heterocycles. The molecule has 7 heteroatoms. The molecule has 1 amide bonds. The topological polar surface area (TPSA) is 81.9 Å². The Kier molecular flexibility index (Phi) is 6.46. The maximum atomic E-state index is 12.2. The summed E-state index contributed by atoms with van der Waals surface area (Å²) in [7, 11) is 0. The van der Waals surface area contributed by atoms with Gasteiger partial charge in [-0.15, -0.1) is 0 Å². The van der Waals surface area contributed by atoms with E-state index in [-0.39, 0.29) is 31.1 Å². The average Bonchev–Trinajstić information content (AvgIpc) is 3.13. The first-order valence-electron chi connectivity index (χ1n) is 9.51. The Morgan fingerprint density at radius 2 is 1.86 bits per heavy atom. The molecule has 1 aromatic heterocycles. The van der Waals surface area contributed by atoms with Crippen molar-refractivity contribution < 1.29 is 23.5 Å². The first-order chi connectivity index (χ1) is 13.4. The first kappa shape index (κ1) is 20.1. The van der Waals surface area contributed by atoms with Crippen molar-refractivity contribution in [2.75, 3.05) is 19.7 Å². The second-order valence-corrected chi connectivity index (χ2v) is 7.20. The SMILES string of the molecule is Cc1ccc(-c2cnc(CCC(=O)OCC(=O)N3CC(C)OC(C)C3)o2)cc1. The van der Waals surface area contributed by atoms with Crippen LogP contribution in [0.4, 0.5) is 0 Å². The number of carbonyl (C=O) groups is 2. The molecule has 0 aliphatic carbocycles. The fourth-order valence-corrected chi connectivity index (χ4v) is 3.17. The molecule has 0 N–H and O–H groups in total. The van der Waals surface area contributed by atoms with Crippen molar-refractivity contribution in [1.29, 1.82) is 0 Å². The Morgan fingerprint density at radius 3 is 2.54 bits per heavy atom. The summed E-state index contributed by atoms with van der Waals surface area (Å²) in [4.78, 5) is 30.1. The lowest BCUT2D eigenvalue weighted by atomic mass is 10.1. The molecule has 28 heavy (non-hydrogen) atoms. The van der Waals surface area contributed by atoms with Crippen molar-refractivity contribution in [3.8, 4) is 11.3 Å². The number of oxazole rings is 1. The Hall–Kier alpha value is -2.67. The summed E-state index contributed by atoms with van der Waals surface area (Å²) in [6.45, 7) is 6.63. The summed E-state index contributed by atoms with van der Waals surface area (Å²) in [6.07, 6.45) is 2.05. The molecule has 2 atom stereocenters. The third-order valence-corrected chi connectivity index (χ3v) is 4.56. The van der Waals surface area contributed by atoms with Gasteiger partial charge in [-0.2, -0.15) is 0 Å². The fraction of sp³-hybridized carbons (Fsp3) is 0.476. The van der Waals surface area contributed by atoms with E-state index >= 15 is 0 Å². The third-order valence-electron chi connectivity index (χ3n) is 4.56. The molecule has 3 rings (SSSR count). The lowest BCUT2D eigenvalue weighted by Crippen LogP contribution is -2.49. The highest BCUT2D eigenvalue weighted by molar-refractivity contribution is 5.80. The zero-order valence-electron chi connectivity index (χ0n) is 16.5. The lowest BCUT2D eigenvalue weighted by Gasteiger charge is -2.35. The number of nitrogens with zero attached hydrogens (tertiary/aromatic N) is 2. The van der Waals surface area contributed by atoms with Crippen LogP contribution in [0.3, 0.4) is 0 Å². The van der Waals surface area contributed by atoms with E-state index in [0.29, 0.717) is 31.2 Å². The molecule has 0 radical (unpaired) electrons. The van der Waals surface area contributed by atoms with Gasteiger partial charge in [-0.05, 0) is 20.8 Å². The van der Waals surface area contributed by atoms with E-state index in [1.54, 1.807) is 11.1 Å². The van der Waals surface area contributed by atoms with E-state index in [9.17, 15) is 9.59 Å². The van der Waals surface area contributed by atoms with Crippen LogP contribution in [0, 0.1) is 6.92 Å². The molecule has 2 aromatic rings. The summed E-state index contributed by atoms with van der Waals surface area (Å²) in [5, 5.41) is 0. The minimum atomic E-state index is -0.446. The van der Waals surface area contributed by atoms with Crippen molar-refractivity contribution in [2.24, 2.45) is 0 Å². The van der Waals surface area contributed by atoms with Gasteiger partial charge in [0.1, 0.15) is 0 Å². The Morgan fingerprint density at radius 1 is 1.18 bits per heavy atom. The molecule has 2 heterocycles. The average molecular weight is 386 g/mol. The Labute approximate surface area is 164 Å². The van der Waals surface area contributed by atoms with Gasteiger partial charge in [0.05, 0.1) is 24.8 Å². The molecule has 1 aliphatic rings. The van der Waals surface area contributed by atoms with Crippen LogP contribution in [-0.2, 0) is 25.5 Å². The largest absolute Gasteiger partial charge is 0.456 e. The molecule has 2 unspecified atom stereocenters. The third kappa shape index (κ3) is 5.42. The molecule has 0 bridgehead atoms. The van der Waals surface area contributed by atoms with Gasteiger partial charge in [0, 0.05) is 25.1 Å². The van der Waals surface area contributed by atoms with E-state index in [4.69, 9.17) is 13.9 Å². The molecular weight excluding hydrogens is 360 g/mol. The molecule has 1 aliphatic heterocycles. The molecule has 7 nitrogen and oxygen atoms in total. The van der Waals surface area contributed by atoms with Gasteiger partial charge in [0.25, 0.3) is 5.91 Å². The number of morpholine rings is 1. The highest BCUT2D eigenvalue weighted by Crippen LogP contribution is 2.21. The number of amides is 1. The van der Waals surface area contributed by atoms with Crippen molar-refractivity contribution >= 4 is 11.9 Å². The zero-order valence-corrected chi connectivity index (χ0v) is 16.5. The van der Waals surface area contributed by atoms with Crippen LogP contribution in [0.15, 0.2) is 34.9 Å². The minimum absolute atomic E-state index is 0.0175. The van der Waals surface area contributed by atoms with E-state index in [1.807, 2.05) is 45.0 Å². The second kappa shape index (κ2) is 9.01. The summed E-state index contributed by atoms with van der Waals surface area (Å²) in [5.41, 5.74) is 2.10. The summed E-state index contributed by atoms with van der Waals surface area (Å²) >= 11 is 0. The van der Waals surface area contributed by atoms with Crippen molar-refractivity contribution in [1.82, 2.24) is 9.88 Å². The van der Waals surface area contributed by atoms with Crippen molar-refractivity contribution in [3.05, 3.63) is 41.9 Å². The fourth-order valence-electron chi connectivity index (χ4n) is 3.17. The normalized spacial score (nSPS) is 19.5. The predicted octanol–water partition coefficient (Wildman–Crippen LogP) is 2.76. The van der Waals surface area contributed by atoms with Gasteiger partial charge < -0.3 is 18.8 Å². The van der Waals surface area contributed by atoms with Gasteiger partial charge in [-0.3, -0.25) is 9.59 Å². The summed E-state index contributed by atoms with van der Waals surface area (Å²) in [5.74, 6) is 0.481. The zero-order chi connectivity index (χ0) is 20.1. The summed E-state index contributed by atoms with van der Waals surface area (Å²) < 4.78 is 16.4. The van der Waals surface area contributed by atoms with E-state index in [0.717, 1.165) is 5.56 Å². The number of rotatable bonds is 6. The second-order valence-electron chi connectivity index (χ2n) is 7.20. The van der Waals surface area contributed by atoms with Crippen LogP contribution in [0.5, 0.6) is 0 Å². The maximum absolute atomic E-state index is 12.2. The Bertz CT molecular complexity index is 804. The monoisotopic (exact) mass is 386 g/mol. The van der Waals surface area contributed by atoms with Gasteiger partial charge in [0.15, 0.2) is 18.3 Å². The number of benzene rings is 1. The first-order valence-corrected chi connectivity index (χ1v) is 9.51. The summed E-state index contributed by atoms with van der Waals surface area (Å²) in [6, 6.07) is 7.93. The van der Waals surface area contributed by atoms with Crippen LogP contribution in [0.1, 0.15) is 31.7 Å². The Balaban J connectivity index is 1.43. The van der Waals surface area contributed by atoms with E-state index in [1.165, 1.54) is 5.56 Å². The highest BCUT2D eigenvalue weighted by atomic mass is 16.5. The van der Waals surface area contributed by atoms with Crippen LogP contribution < -0.4 is 0 Å². The van der Waals surface area contributed by atoms with Gasteiger partial charge >= 0.3 is 5.97 Å². The van der Waals surface area contributed by atoms with Crippen LogP contribution in [-0.4, -0.2) is 53.7 Å². The number of ether oxygens (including phenoxy) is 2. The molecule has 1 fully saturated rings. The number of esters is 1. The minimum Gasteiger partial charge on any atom is -0.456 e. The molecular formula is C21H26N2O5. The predicted molar refractivity (Wildman–Crippen MR) is 103 cm³/mol.